The molecule has 3 N–H and O–H groups in total. The molecule has 1 aliphatic rings. The lowest BCUT2D eigenvalue weighted by molar-refractivity contribution is 0.0765. The SMILES string of the molecule is Cc1cccc2c(O)cc3c(c12)C(CCl)CN3C(=O)c1cn2cc(NC(=O)c3ccc(OC(C)(C)CCO)cc3)ccc2n1. The van der Waals surface area contributed by atoms with Gasteiger partial charge < -0.3 is 29.6 Å². The van der Waals surface area contributed by atoms with Gasteiger partial charge in [0, 0.05) is 60.8 Å². The normalized spacial score (nSPS) is 14.7. The lowest BCUT2D eigenvalue weighted by Crippen LogP contribution is -2.30. The first-order valence-electron chi connectivity index (χ1n) is 14.4. The number of nitrogens with zero attached hydrogens (tertiary/aromatic N) is 3. The second kappa shape index (κ2) is 11.5. The number of phenols is 1. The summed E-state index contributed by atoms with van der Waals surface area (Å²) in [6, 6.07) is 17.7. The third-order valence-electron chi connectivity index (χ3n) is 8.05. The van der Waals surface area contributed by atoms with Crippen LogP contribution >= 0.6 is 11.6 Å². The van der Waals surface area contributed by atoms with Crippen molar-refractivity contribution >= 4 is 51.2 Å². The smallest absolute Gasteiger partial charge is 0.278 e. The lowest BCUT2D eigenvalue weighted by atomic mass is 9.92. The number of aromatic nitrogens is 2. The first-order valence-corrected chi connectivity index (χ1v) is 14.9. The van der Waals surface area contributed by atoms with Crippen LogP contribution in [0.2, 0.25) is 0 Å². The molecular weight excluding hydrogens is 580 g/mol. The molecular formula is C34H33ClN4O5. The Hall–Kier alpha value is -4.60. The lowest BCUT2D eigenvalue weighted by Gasteiger charge is -2.25. The Morgan fingerprint density at radius 3 is 2.61 bits per heavy atom. The van der Waals surface area contributed by atoms with Crippen LogP contribution in [-0.4, -0.2) is 56.0 Å². The summed E-state index contributed by atoms with van der Waals surface area (Å²) in [7, 11) is 0. The van der Waals surface area contributed by atoms with Crippen LogP contribution in [0.4, 0.5) is 11.4 Å². The first-order chi connectivity index (χ1) is 21.1. The van der Waals surface area contributed by atoms with Crippen LogP contribution in [0.15, 0.2) is 73.1 Å². The maximum Gasteiger partial charge on any atom is 0.278 e. The van der Waals surface area contributed by atoms with Crippen molar-refractivity contribution in [2.24, 2.45) is 0 Å². The van der Waals surface area contributed by atoms with Crippen molar-refractivity contribution in [1.29, 1.82) is 0 Å². The average molecular weight is 613 g/mol. The summed E-state index contributed by atoms with van der Waals surface area (Å²) in [5.74, 6) is 0.352. The Balaban J connectivity index is 1.22. The molecule has 0 fully saturated rings. The number of pyridine rings is 1. The third-order valence-corrected chi connectivity index (χ3v) is 8.43. The number of aliphatic hydroxyl groups is 1. The van der Waals surface area contributed by atoms with E-state index in [2.05, 4.69) is 10.3 Å². The number of amides is 2. The van der Waals surface area contributed by atoms with Crippen molar-refractivity contribution in [2.45, 2.75) is 38.7 Å². The summed E-state index contributed by atoms with van der Waals surface area (Å²) in [6.07, 6.45) is 3.82. The second-order valence-electron chi connectivity index (χ2n) is 11.7. The number of benzene rings is 3. The molecule has 0 spiro atoms. The maximum absolute atomic E-state index is 13.8. The minimum absolute atomic E-state index is 0.0206. The minimum atomic E-state index is -0.530. The number of rotatable bonds is 8. The number of imidazole rings is 1. The predicted molar refractivity (Wildman–Crippen MR) is 171 cm³/mol. The van der Waals surface area contributed by atoms with Gasteiger partial charge in [0.25, 0.3) is 11.8 Å². The topological polar surface area (TPSA) is 116 Å². The minimum Gasteiger partial charge on any atom is -0.507 e. The molecule has 0 bridgehead atoms. The van der Waals surface area contributed by atoms with E-state index in [0.717, 1.165) is 21.9 Å². The summed E-state index contributed by atoms with van der Waals surface area (Å²) >= 11 is 6.39. The molecule has 10 heteroatoms. The number of nitrogens with one attached hydrogen (secondary N) is 1. The zero-order valence-corrected chi connectivity index (χ0v) is 25.4. The van der Waals surface area contributed by atoms with Gasteiger partial charge in [0.05, 0.1) is 11.4 Å². The van der Waals surface area contributed by atoms with E-state index in [1.807, 2.05) is 39.0 Å². The molecule has 226 valence electrons. The number of anilines is 2. The second-order valence-corrected chi connectivity index (χ2v) is 12.0. The Bertz CT molecular complexity index is 1900. The predicted octanol–water partition coefficient (Wildman–Crippen LogP) is 6.28. The monoisotopic (exact) mass is 612 g/mol. The average Bonchev–Trinajstić information content (AvgIpc) is 3.58. The number of carbonyl (C=O) groups excluding carboxylic acids is 2. The standard InChI is InChI=1S/C34H33ClN4O5/c1-20-5-4-6-25-28(41)15-27-31(30(20)25)22(16-35)17-39(27)33(43)26-19-38-18-23(9-12-29(38)37-26)36-32(42)21-7-10-24(11-8-21)44-34(2,3)13-14-40/h4-12,15,18-19,22,40-41H,13-14,16-17H2,1-3H3,(H,36,42). The highest BCUT2D eigenvalue weighted by Crippen LogP contribution is 2.46. The van der Waals surface area contributed by atoms with Crippen molar-refractivity contribution in [1.82, 2.24) is 9.38 Å². The van der Waals surface area contributed by atoms with Gasteiger partial charge >= 0.3 is 0 Å². The van der Waals surface area contributed by atoms with Crippen molar-refractivity contribution in [3.05, 3.63) is 95.4 Å². The first kappa shape index (κ1) is 29.5. The van der Waals surface area contributed by atoms with Crippen LogP contribution < -0.4 is 15.0 Å². The highest BCUT2D eigenvalue weighted by molar-refractivity contribution is 6.19. The molecule has 0 radical (unpaired) electrons. The van der Waals surface area contributed by atoms with E-state index in [1.165, 1.54) is 0 Å². The van der Waals surface area contributed by atoms with Gasteiger partial charge in [-0.2, -0.15) is 0 Å². The van der Waals surface area contributed by atoms with Crippen LogP contribution in [0.25, 0.3) is 16.4 Å². The quantitative estimate of drug-likeness (QED) is 0.178. The molecule has 9 nitrogen and oxygen atoms in total. The van der Waals surface area contributed by atoms with Gasteiger partial charge in [0.1, 0.15) is 28.4 Å². The largest absolute Gasteiger partial charge is 0.507 e. The number of ether oxygens (including phenoxy) is 1. The molecule has 3 heterocycles. The van der Waals surface area contributed by atoms with Gasteiger partial charge in [-0.05, 0) is 73.7 Å². The van der Waals surface area contributed by atoms with Gasteiger partial charge in [0.15, 0.2) is 0 Å². The fourth-order valence-electron chi connectivity index (χ4n) is 5.84. The molecule has 0 saturated carbocycles. The molecule has 0 saturated heterocycles. The number of aliphatic hydroxyl groups excluding tert-OH is 1. The summed E-state index contributed by atoms with van der Waals surface area (Å²) in [4.78, 5) is 32.9. The third kappa shape index (κ3) is 5.44. The summed E-state index contributed by atoms with van der Waals surface area (Å²) in [6.45, 7) is 6.17. The van der Waals surface area contributed by atoms with Crippen LogP contribution in [0, 0.1) is 6.92 Å². The van der Waals surface area contributed by atoms with Gasteiger partial charge in [-0.25, -0.2) is 4.98 Å². The molecule has 0 aliphatic carbocycles. The van der Waals surface area contributed by atoms with Crippen molar-refractivity contribution < 1.29 is 24.5 Å². The molecule has 2 aromatic heterocycles. The van der Waals surface area contributed by atoms with E-state index in [1.54, 1.807) is 64.2 Å². The number of aromatic hydroxyl groups is 1. The molecule has 6 rings (SSSR count). The van der Waals surface area contributed by atoms with E-state index in [4.69, 9.17) is 16.3 Å². The summed E-state index contributed by atoms with van der Waals surface area (Å²) < 4.78 is 7.61. The molecule has 1 atom stereocenters. The number of halogens is 1. The molecule has 2 amide bonds. The zero-order chi connectivity index (χ0) is 31.2. The number of hydrogen-bond acceptors (Lipinski definition) is 6. The molecule has 5 aromatic rings. The van der Waals surface area contributed by atoms with E-state index in [-0.39, 0.29) is 35.8 Å². The van der Waals surface area contributed by atoms with Crippen molar-refractivity contribution in [3.63, 3.8) is 0 Å². The van der Waals surface area contributed by atoms with Crippen molar-refractivity contribution in [3.8, 4) is 11.5 Å². The van der Waals surface area contributed by atoms with Gasteiger partial charge in [-0.1, -0.05) is 18.2 Å². The van der Waals surface area contributed by atoms with Crippen LogP contribution in [0.1, 0.15) is 58.2 Å². The van der Waals surface area contributed by atoms with Crippen LogP contribution in [0.3, 0.4) is 0 Å². The molecule has 44 heavy (non-hydrogen) atoms. The Morgan fingerprint density at radius 2 is 1.89 bits per heavy atom. The Morgan fingerprint density at radius 1 is 1.11 bits per heavy atom. The Labute approximate surface area is 259 Å². The molecule has 1 unspecified atom stereocenters. The summed E-state index contributed by atoms with van der Waals surface area (Å²) in [5.41, 5.74) is 3.84. The van der Waals surface area contributed by atoms with E-state index in [9.17, 15) is 19.8 Å². The fraction of sp³-hybridized carbons (Fsp3) is 0.265. The Kier molecular flexibility index (Phi) is 7.69. The van der Waals surface area contributed by atoms with Gasteiger partial charge in [-0.15, -0.1) is 11.6 Å². The molecule has 1 aliphatic heterocycles. The van der Waals surface area contributed by atoms with Crippen LogP contribution in [0.5, 0.6) is 11.5 Å². The highest BCUT2D eigenvalue weighted by Gasteiger charge is 2.36. The number of phenolic OH excluding ortho intramolecular Hbond substituents is 1. The number of carbonyl (C=O) groups is 2. The summed E-state index contributed by atoms with van der Waals surface area (Å²) in [5, 5.41) is 24.6. The number of aryl methyl sites for hydroxylation is 1. The number of fused-ring (bicyclic) bond motifs is 4. The van der Waals surface area contributed by atoms with E-state index >= 15 is 0 Å². The highest BCUT2D eigenvalue weighted by atomic mass is 35.5. The van der Waals surface area contributed by atoms with Crippen LogP contribution in [-0.2, 0) is 0 Å². The van der Waals surface area contributed by atoms with E-state index in [0.29, 0.717) is 47.2 Å². The van der Waals surface area contributed by atoms with Gasteiger partial charge in [0.2, 0.25) is 0 Å². The zero-order valence-electron chi connectivity index (χ0n) is 24.7. The van der Waals surface area contributed by atoms with Gasteiger partial charge in [-0.3, -0.25) is 9.59 Å². The number of alkyl halides is 1. The van der Waals surface area contributed by atoms with Crippen molar-refractivity contribution in [2.75, 3.05) is 29.2 Å². The number of hydrogen-bond donors (Lipinski definition) is 3. The van der Waals surface area contributed by atoms with E-state index < -0.39 is 5.60 Å². The molecule has 3 aromatic carbocycles. The fourth-order valence-corrected chi connectivity index (χ4v) is 6.09. The maximum atomic E-state index is 13.8.